The lowest BCUT2D eigenvalue weighted by Gasteiger charge is -2.20. The van der Waals surface area contributed by atoms with Gasteiger partial charge in [0.1, 0.15) is 18.0 Å². The van der Waals surface area contributed by atoms with Crippen LogP contribution in [0, 0.1) is 0 Å². The first-order valence-corrected chi connectivity index (χ1v) is 7.03. The molecule has 0 amide bonds. The molecule has 0 aliphatic carbocycles. The topological polar surface area (TPSA) is 59.4 Å². The van der Waals surface area contributed by atoms with E-state index in [0.29, 0.717) is 27.0 Å². The molecule has 3 aromatic rings. The zero-order valence-corrected chi connectivity index (χ0v) is 12.1. The van der Waals surface area contributed by atoms with Gasteiger partial charge in [-0.05, 0) is 12.5 Å². The molecule has 3 heterocycles. The van der Waals surface area contributed by atoms with Gasteiger partial charge in [-0.25, -0.2) is 18.7 Å². The molecule has 0 aromatic carbocycles. The van der Waals surface area contributed by atoms with Crippen molar-refractivity contribution in [2.24, 2.45) is 0 Å². The number of H-pyrrole nitrogens is 1. The minimum Gasteiger partial charge on any atom is -0.346 e. The molecule has 10 heteroatoms. The zero-order valence-electron chi connectivity index (χ0n) is 12.1. The number of hydrogen-bond donors (Lipinski definition) is 1. The highest BCUT2D eigenvalue weighted by Crippen LogP contribution is 2.35. The van der Waals surface area contributed by atoms with Crippen molar-refractivity contribution in [1.29, 1.82) is 0 Å². The van der Waals surface area contributed by atoms with Crippen molar-refractivity contribution in [3.8, 4) is 11.3 Å². The van der Waals surface area contributed by atoms with Crippen molar-refractivity contribution in [3.05, 3.63) is 31.0 Å². The fourth-order valence-electron chi connectivity index (χ4n) is 2.46. The Morgan fingerprint density at radius 1 is 1.17 bits per heavy atom. The van der Waals surface area contributed by atoms with E-state index < -0.39 is 31.5 Å². The third-order valence-electron chi connectivity index (χ3n) is 3.58. The van der Waals surface area contributed by atoms with E-state index in [4.69, 9.17) is 0 Å². The van der Waals surface area contributed by atoms with Crippen LogP contribution in [-0.4, -0.2) is 37.3 Å². The number of aromatic nitrogens is 5. The summed E-state index contributed by atoms with van der Waals surface area (Å²) < 4.78 is 64.7. The number of nitrogens with zero attached hydrogens (tertiary/aromatic N) is 4. The first-order valence-electron chi connectivity index (χ1n) is 7.03. The van der Waals surface area contributed by atoms with E-state index in [-0.39, 0.29) is 0 Å². The first kappa shape index (κ1) is 16.3. The lowest BCUT2D eigenvalue weighted by atomic mass is 10.1. The van der Waals surface area contributed by atoms with E-state index in [1.165, 1.54) is 18.7 Å². The third kappa shape index (κ3) is 3.22. The molecule has 0 aliphatic heterocycles. The third-order valence-corrected chi connectivity index (χ3v) is 3.58. The summed E-state index contributed by atoms with van der Waals surface area (Å²) in [5, 5.41) is 4.34. The number of rotatable bonds is 5. The van der Waals surface area contributed by atoms with Crippen LogP contribution in [0.5, 0.6) is 0 Å². The van der Waals surface area contributed by atoms with Crippen LogP contribution in [0.1, 0.15) is 18.9 Å². The predicted molar refractivity (Wildman–Crippen MR) is 75.4 cm³/mol. The number of aromatic amines is 1. The molecule has 128 valence electrons. The second kappa shape index (κ2) is 6.17. The molecule has 0 fully saturated rings. The van der Waals surface area contributed by atoms with Crippen LogP contribution in [0.4, 0.5) is 22.0 Å². The van der Waals surface area contributed by atoms with Crippen LogP contribution in [0.25, 0.3) is 22.3 Å². The summed E-state index contributed by atoms with van der Waals surface area (Å²) in [5.41, 5.74) is 1.31. The van der Waals surface area contributed by atoms with Gasteiger partial charge in [-0.3, -0.25) is 4.68 Å². The van der Waals surface area contributed by atoms with Gasteiger partial charge >= 0.3 is 6.18 Å². The monoisotopic (exact) mass is 345 g/mol. The Bertz CT molecular complexity index is 822. The normalized spacial score (nSPS) is 13.8. The van der Waals surface area contributed by atoms with Crippen molar-refractivity contribution >= 4 is 11.0 Å². The van der Waals surface area contributed by atoms with E-state index in [1.54, 1.807) is 12.3 Å². The largest absolute Gasteiger partial charge is 0.410 e. The smallest absolute Gasteiger partial charge is 0.346 e. The Morgan fingerprint density at radius 2 is 1.96 bits per heavy atom. The molecule has 0 spiro atoms. The van der Waals surface area contributed by atoms with Crippen LogP contribution in [0.15, 0.2) is 31.0 Å². The van der Waals surface area contributed by atoms with Crippen LogP contribution in [0.2, 0.25) is 0 Å². The molecule has 0 bridgehead atoms. The molecule has 0 aliphatic rings. The van der Waals surface area contributed by atoms with E-state index in [2.05, 4.69) is 20.1 Å². The van der Waals surface area contributed by atoms with Gasteiger partial charge in [-0.2, -0.15) is 18.3 Å². The van der Waals surface area contributed by atoms with Gasteiger partial charge in [-0.1, -0.05) is 0 Å². The fraction of sp³-hybridized carbons (Fsp3) is 0.357. The highest BCUT2D eigenvalue weighted by molar-refractivity contribution is 5.89. The molecule has 0 saturated heterocycles. The van der Waals surface area contributed by atoms with Gasteiger partial charge in [0.05, 0.1) is 11.9 Å². The molecular weight excluding hydrogens is 333 g/mol. The van der Waals surface area contributed by atoms with E-state index >= 15 is 0 Å². The molecule has 1 unspecified atom stereocenters. The van der Waals surface area contributed by atoms with Gasteiger partial charge in [0, 0.05) is 29.8 Å². The van der Waals surface area contributed by atoms with Crippen molar-refractivity contribution < 1.29 is 22.0 Å². The maximum Gasteiger partial charge on any atom is 0.410 e. The second-order valence-electron chi connectivity index (χ2n) is 5.20. The van der Waals surface area contributed by atoms with Crippen molar-refractivity contribution in [3.63, 3.8) is 0 Å². The van der Waals surface area contributed by atoms with Gasteiger partial charge in [0.25, 0.3) is 0 Å². The van der Waals surface area contributed by atoms with Crippen molar-refractivity contribution in [2.45, 2.75) is 31.5 Å². The summed E-state index contributed by atoms with van der Waals surface area (Å²) in [7, 11) is 0. The van der Waals surface area contributed by atoms with Gasteiger partial charge in [0.15, 0.2) is 0 Å². The molecule has 5 nitrogen and oxygen atoms in total. The molecule has 3 rings (SSSR count). The number of hydrogen-bond acceptors (Lipinski definition) is 3. The quantitative estimate of drug-likeness (QED) is 0.712. The summed E-state index contributed by atoms with van der Waals surface area (Å²) >= 11 is 0. The molecule has 0 radical (unpaired) electrons. The molecular formula is C14H12F5N5. The minimum absolute atomic E-state index is 0.355. The predicted octanol–water partition coefficient (Wildman–Crippen LogP) is 3.97. The van der Waals surface area contributed by atoms with Gasteiger partial charge in [-0.15, -0.1) is 0 Å². The number of alkyl halides is 5. The maximum atomic E-state index is 13.1. The van der Waals surface area contributed by atoms with Gasteiger partial charge in [0.2, 0.25) is 6.43 Å². The Labute approximate surface area is 132 Å². The lowest BCUT2D eigenvalue weighted by molar-refractivity contribution is -0.173. The highest BCUT2D eigenvalue weighted by atomic mass is 19.4. The number of fused-ring (bicyclic) bond motifs is 1. The van der Waals surface area contributed by atoms with E-state index in [9.17, 15) is 22.0 Å². The summed E-state index contributed by atoms with van der Waals surface area (Å²) in [6, 6.07) is -0.413. The Balaban J connectivity index is 1.94. The average molecular weight is 345 g/mol. The second-order valence-corrected chi connectivity index (χ2v) is 5.20. The summed E-state index contributed by atoms with van der Waals surface area (Å²) in [6.45, 7) is 0. The van der Waals surface area contributed by atoms with Crippen LogP contribution >= 0.6 is 0 Å². The molecule has 1 N–H and O–H groups in total. The molecule has 1 atom stereocenters. The minimum atomic E-state index is -4.67. The molecule has 0 saturated carbocycles. The average Bonchev–Trinajstić information content (AvgIpc) is 3.14. The summed E-state index contributed by atoms with van der Waals surface area (Å²) in [5.74, 6) is 0. The SMILES string of the molecule is FC(F)CCC(n1cc(-c2ncnc3[nH]ccc23)cn1)C(F)(F)F. The zero-order chi connectivity index (χ0) is 17.3. The number of nitrogens with one attached hydrogen (secondary N) is 1. The van der Waals surface area contributed by atoms with Crippen molar-refractivity contribution in [1.82, 2.24) is 24.7 Å². The maximum absolute atomic E-state index is 13.1. The van der Waals surface area contributed by atoms with E-state index in [1.807, 2.05) is 0 Å². The highest BCUT2D eigenvalue weighted by Gasteiger charge is 2.41. The fourth-order valence-corrected chi connectivity index (χ4v) is 2.46. The molecule has 3 aromatic heterocycles. The van der Waals surface area contributed by atoms with Crippen LogP contribution in [0.3, 0.4) is 0 Å². The van der Waals surface area contributed by atoms with Crippen molar-refractivity contribution in [2.75, 3.05) is 0 Å². The summed E-state index contributed by atoms with van der Waals surface area (Å²) in [6.07, 6.45) is -3.76. The first-order chi connectivity index (χ1) is 11.4. The Kier molecular flexibility index (Phi) is 4.20. The lowest BCUT2D eigenvalue weighted by Crippen LogP contribution is -2.27. The van der Waals surface area contributed by atoms with Crippen LogP contribution < -0.4 is 0 Å². The van der Waals surface area contributed by atoms with Gasteiger partial charge < -0.3 is 4.98 Å². The Hall–Kier alpha value is -2.52. The van der Waals surface area contributed by atoms with Crippen LogP contribution in [-0.2, 0) is 0 Å². The number of halogens is 5. The Morgan fingerprint density at radius 3 is 2.67 bits per heavy atom. The summed E-state index contributed by atoms with van der Waals surface area (Å²) in [4.78, 5) is 10.9. The van der Waals surface area contributed by atoms with E-state index in [0.717, 1.165) is 0 Å². The standard InChI is InChI=1S/C14H12F5N5/c15-11(16)2-1-10(14(17,18)19)24-6-8(5-23-24)12-9-3-4-20-13(9)22-7-21-12/h3-7,10-11H,1-2H2,(H,20,21,22). The molecule has 24 heavy (non-hydrogen) atoms.